The van der Waals surface area contributed by atoms with Gasteiger partial charge in [0.25, 0.3) is 0 Å². The third kappa shape index (κ3) is 45.9. The van der Waals surface area contributed by atoms with Crippen LogP contribution >= 0.6 is 0 Å². The molecule has 6 heteroatoms. The summed E-state index contributed by atoms with van der Waals surface area (Å²) in [7, 11) is 0. The van der Waals surface area contributed by atoms with Crippen molar-refractivity contribution in [2.75, 3.05) is 13.2 Å². The average Bonchev–Trinajstić information content (AvgIpc) is 3.24. The quantitative estimate of drug-likeness (QED) is 0.0200. The van der Waals surface area contributed by atoms with E-state index in [1.54, 1.807) is 0 Å². The van der Waals surface area contributed by atoms with Crippen molar-refractivity contribution < 1.29 is 28.6 Å². The molecule has 0 bridgehead atoms. The van der Waals surface area contributed by atoms with Gasteiger partial charge in [-0.15, -0.1) is 0 Å². The molecule has 0 aliphatic heterocycles. The van der Waals surface area contributed by atoms with E-state index < -0.39 is 6.10 Å². The van der Waals surface area contributed by atoms with Gasteiger partial charge in [0, 0.05) is 19.3 Å². The van der Waals surface area contributed by atoms with Gasteiger partial charge >= 0.3 is 17.9 Å². The molecule has 0 saturated carbocycles. The zero-order valence-electron chi connectivity index (χ0n) is 39.2. The second kappa shape index (κ2) is 48.5. The number of carbonyl (C=O) groups is 3. The maximum absolute atomic E-state index is 12.8. The first-order valence-corrected chi connectivity index (χ1v) is 25.0. The molecular weight excluding hydrogens is 745 g/mol. The lowest BCUT2D eigenvalue weighted by atomic mass is 10.1. The van der Waals surface area contributed by atoms with Gasteiger partial charge in [-0.2, -0.15) is 0 Å². The summed E-state index contributed by atoms with van der Waals surface area (Å²) in [6.45, 7) is 6.43. The molecule has 1 unspecified atom stereocenters. The zero-order chi connectivity index (χ0) is 43.7. The first kappa shape index (κ1) is 56.9. The first-order chi connectivity index (χ1) is 29.5. The number of hydrogen-bond acceptors (Lipinski definition) is 6. The topological polar surface area (TPSA) is 78.9 Å². The SMILES string of the molecule is CC\C=C/C=C\C=C/C=C\CCCCCCCC(=O)OC(COC(=O)CCCCCCCCC/C=C\C/C=C\CCCCC)COC(=O)CCCCCCCCCCCC. The van der Waals surface area contributed by atoms with E-state index in [9.17, 15) is 14.4 Å². The Morgan fingerprint density at radius 3 is 1.18 bits per heavy atom. The number of carbonyl (C=O) groups excluding carboxylic acids is 3. The third-order valence-electron chi connectivity index (χ3n) is 10.5. The van der Waals surface area contributed by atoms with Gasteiger partial charge in [0.1, 0.15) is 13.2 Å². The molecule has 0 rings (SSSR count). The number of rotatable bonds is 44. The van der Waals surface area contributed by atoms with Gasteiger partial charge in [-0.25, -0.2) is 0 Å². The predicted octanol–water partition coefficient (Wildman–Crippen LogP) is 16.3. The predicted molar refractivity (Wildman–Crippen MR) is 256 cm³/mol. The van der Waals surface area contributed by atoms with Crippen LogP contribution in [0.25, 0.3) is 0 Å². The maximum Gasteiger partial charge on any atom is 0.306 e. The Balaban J connectivity index is 4.40. The Hall–Kier alpha value is -3.15. The molecule has 0 aromatic carbocycles. The van der Waals surface area contributed by atoms with Crippen LogP contribution in [0.4, 0.5) is 0 Å². The number of allylic oxidation sites excluding steroid dienone is 12. The van der Waals surface area contributed by atoms with Crippen LogP contribution < -0.4 is 0 Å². The van der Waals surface area contributed by atoms with Crippen LogP contribution in [0.15, 0.2) is 72.9 Å². The molecule has 0 saturated heterocycles. The summed E-state index contributed by atoms with van der Waals surface area (Å²) < 4.78 is 16.7. The second-order valence-corrected chi connectivity index (χ2v) is 16.4. The lowest BCUT2D eigenvalue weighted by molar-refractivity contribution is -0.167. The molecule has 0 aliphatic carbocycles. The van der Waals surface area contributed by atoms with Gasteiger partial charge in [-0.1, -0.05) is 216 Å². The van der Waals surface area contributed by atoms with E-state index in [0.717, 1.165) is 96.3 Å². The highest BCUT2D eigenvalue weighted by atomic mass is 16.6. The minimum absolute atomic E-state index is 0.0868. The van der Waals surface area contributed by atoms with Crippen LogP contribution in [-0.4, -0.2) is 37.2 Å². The summed E-state index contributed by atoms with van der Waals surface area (Å²) in [4.78, 5) is 37.9. The van der Waals surface area contributed by atoms with Crippen molar-refractivity contribution in [2.45, 2.75) is 239 Å². The molecule has 0 fully saturated rings. The van der Waals surface area contributed by atoms with Crippen molar-refractivity contribution in [3.05, 3.63) is 72.9 Å². The fourth-order valence-electron chi connectivity index (χ4n) is 6.78. The molecule has 0 aromatic heterocycles. The van der Waals surface area contributed by atoms with Crippen LogP contribution in [0.5, 0.6) is 0 Å². The van der Waals surface area contributed by atoms with Crippen molar-refractivity contribution in [1.29, 1.82) is 0 Å². The standard InChI is InChI=1S/C54H92O6/c1-4-7-10-13-16-19-22-24-26-27-29-30-32-35-38-41-44-47-53(56)59-50-51(49-58-52(55)46-43-40-37-34-21-18-15-12-9-6-3)60-54(57)48-45-42-39-36-33-31-28-25-23-20-17-14-11-8-5-2/h8,11,14,16-17,19-20,23-26,28,51H,4-7,9-10,12-13,15,18,21-22,27,29-50H2,1-3H3/b11-8-,17-14-,19-16-,23-20-,26-24-,28-25-. The number of hydrogen-bond donors (Lipinski definition) is 0. The molecule has 344 valence electrons. The molecule has 0 spiro atoms. The van der Waals surface area contributed by atoms with E-state index in [0.29, 0.717) is 19.3 Å². The van der Waals surface area contributed by atoms with Gasteiger partial charge in [-0.3, -0.25) is 14.4 Å². The molecule has 6 nitrogen and oxygen atoms in total. The highest BCUT2D eigenvalue weighted by Gasteiger charge is 2.19. The number of ether oxygens (including phenoxy) is 3. The Labute approximate surface area is 370 Å². The maximum atomic E-state index is 12.8. The van der Waals surface area contributed by atoms with E-state index in [4.69, 9.17) is 14.2 Å². The van der Waals surface area contributed by atoms with Crippen molar-refractivity contribution in [1.82, 2.24) is 0 Å². The summed E-state index contributed by atoms with van der Waals surface area (Å²) >= 11 is 0. The van der Waals surface area contributed by atoms with E-state index >= 15 is 0 Å². The molecule has 0 radical (unpaired) electrons. The smallest absolute Gasteiger partial charge is 0.306 e. The lowest BCUT2D eigenvalue weighted by Gasteiger charge is -2.18. The normalized spacial score (nSPS) is 12.7. The van der Waals surface area contributed by atoms with Crippen LogP contribution in [0.2, 0.25) is 0 Å². The number of esters is 3. The van der Waals surface area contributed by atoms with Crippen LogP contribution in [-0.2, 0) is 28.6 Å². The minimum atomic E-state index is -0.788. The summed E-state index contributed by atoms with van der Waals surface area (Å²) in [5.41, 5.74) is 0. The van der Waals surface area contributed by atoms with Gasteiger partial charge in [0.15, 0.2) is 6.10 Å². The Morgan fingerprint density at radius 1 is 0.367 bits per heavy atom. The van der Waals surface area contributed by atoms with E-state index in [2.05, 4.69) is 75.5 Å². The monoisotopic (exact) mass is 837 g/mol. The zero-order valence-corrected chi connectivity index (χ0v) is 39.2. The molecule has 0 amide bonds. The minimum Gasteiger partial charge on any atom is -0.462 e. The molecule has 0 N–H and O–H groups in total. The molecule has 0 aliphatic rings. The first-order valence-electron chi connectivity index (χ1n) is 25.0. The third-order valence-corrected chi connectivity index (χ3v) is 10.5. The highest BCUT2D eigenvalue weighted by Crippen LogP contribution is 2.14. The number of unbranched alkanes of at least 4 members (excludes halogenated alkanes) is 24. The van der Waals surface area contributed by atoms with Gasteiger partial charge in [0.05, 0.1) is 0 Å². The summed E-state index contributed by atoms with van der Waals surface area (Å²) in [6.07, 6.45) is 60.2. The van der Waals surface area contributed by atoms with E-state index in [-0.39, 0.29) is 31.1 Å². The van der Waals surface area contributed by atoms with Gasteiger partial charge in [0.2, 0.25) is 0 Å². The fraction of sp³-hybridized carbons (Fsp3) is 0.722. The Kier molecular flexibility index (Phi) is 46.0. The largest absolute Gasteiger partial charge is 0.462 e. The summed E-state index contributed by atoms with van der Waals surface area (Å²) in [6, 6.07) is 0. The summed E-state index contributed by atoms with van der Waals surface area (Å²) in [5, 5.41) is 0. The molecular formula is C54H92O6. The van der Waals surface area contributed by atoms with Crippen molar-refractivity contribution in [3.8, 4) is 0 Å². The van der Waals surface area contributed by atoms with Gasteiger partial charge < -0.3 is 14.2 Å². The molecule has 0 aromatic rings. The van der Waals surface area contributed by atoms with Crippen molar-refractivity contribution in [3.63, 3.8) is 0 Å². The fourth-order valence-corrected chi connectivity index (χ4v) is 6.78. The lowest BCUT2D eigenvalue weighted by Crippen LogP contribution is -2.30. The molecule has 0 heterocycles. The van der Waals surface area contributed by atoms with Crippen LogP contribution in [0.1, 0.15) is 233 Å². The van der Waals surface area contributed by atoms with Crippen LogP contribution in [0.3, 0.4) is 0 Å². The van der Waals surface area contributed by atoms with Crippen molar-refractivity contribution in [2.24, 2.45) is 0 Å². The van der Waals surface area contributed by atoms with Crippen molar-refractivity contribution >= 4 is 17.9 Å². The summed E-state index contributed by atoms with van der Waals surface area (Å²) in [5.74, 6) is -0.920. The van der Waals surface area contributed by atoms with Gasteiger partial charge in [-0.05, 0) is 70.6 Å². The molecule has 1 atom stereocenters. The highest BCUT2D eigenvalue weighted by molar-refractivity contribution is 5.71. The van der Waals surface area contributed by atoms with Crippen LogP contribution in [0, 0.1) is 0 Å². The Bertz CT molecular complexity index is 1140. The average molecular weight is 837 g/mol. The van der Waals surface area contributed by atoms with E-state index in [1.165, 1.54) is 96.3 Å². The molecule has 60 heavy (non-hydrogen) atoms. The Morgan fingerprint density at radius 2 is 0.717 bits per heavy atom. The second-order valence-electron chi connectivity index (χ2n) is 16.4. The van der Waals surface area contributed by atoms with E-state index in [1.807, 2.05) is 18.2 Å².